The summed E-state index contributed by atoms with van der Waals surface area (Å²) in [6, 6.07) is 1.96. The molecule has 5 nitrogen and oxygen atoms in total. The highest BCUT2D eigenvalue weighted by atomic mass is 16.2. The van der Waals surface area contributed by atoms with E-state index < -0.39 is 0 Å². The molecule has 1 fully saturated rings. The van der Waals surface area contributed by atoms with E-state index in [1.165, 1.54) is 0 Å². The van der Waals surface area contributed by atoms with Crippen molar-refractivity contribution in [3.63, 3.8) is 0 Å². The van der Waals surface area contributed by atoms with E-state index in [0.29, 0.717) is 18.9 Å². The van der Waals surface area contributed by atoms with E-state index in [4.69, 9.17) is 5.73 Å². The molecule has 1 unspecified atom stereocenters. The zero-order valence-corrected chi connectivity index (χ0v) is 12.3. The molecule has 110 valence electrons. The van der Waals surface area contributed by atoms with Crippen molar-refractivity contribution in [2.75, 3.05) is 13.1 Å². The topological polar surface area (TPSA) is 68.3 Å². The van der Waals surface area contributed by atoms with Crippen LogP contribution in [0.4, 0.5) is 0 Å². The van der Waals surface area contributed by atoms with Crippen LogP contribution in [0.5, 0.6) is 0 Å². The van der Waals surface area contributed by atoms with Crippen LogP contribution in [0.25, 0.3) is 0 Å². The summed E-state index contributed by atoms with van der Waals surface area (Å²) in [7, 11) is 1.90. The van der Waals surface area contributed by atoms with Crippen LogP contribution in [0, 0.1) is 12.8 Å². The summed E-state index contributed by atoms with van der Waals surface area (Å²) in [5, 5.41) is 0. The number of hydrogen-bond acceptors (Lipinski definition) is 2. The van der Waals surface area contributed by atoms with Gasteiger partial charge in [0.15, 0.2) is 0 Å². The van der Waals surface area contributed by atoms with Gasteiger partial charge in [0.05, 0.1) is 0 Å². The lowest BCUT2D eigenvalue weighted by Crippen LogP contribution is -2.33. The monoisotopic (exact) mass is 277 g/mol. The average molecular weight is 277 g/mol. The van der Waals surface area contributed by atoms with Crippen LogP contribution in [-0.4, -0.2) is 34.4 Å². The minimum atomic E-state index is -0.243. The first-order valence-corrected chi connectivity index (χ1v) is 7.18. The molecule has 2 amide bonds. The fourth-order valence-electron chi connectivity index (χ4n) is 2.98. The number of amides is 2. The third-order valence-corrected chi connectivity index (χ3v) is 4.10. The van der Waals surface area contributed by atoms with Crippen LogP contribution in [0.1, 0.15) is 41.7 Å². The molecule has 0 saturated carbocycles. The molecule has 2 heterocycles. The first kappa shape index (κ1) is 14.6. The quantitative estimate of drug-likeness (QED) is 0.908. The highest BCUT2D eigenvalue weighted by Crippen LogP contribution is 2.22. The van der Waals surface area contributed by atoms with E-state index in [-0.39, 0.29) is 11.8 Å². The van der Waals surface area contributed by atoms with Crippen LogP contribution < -0.4 is 5.73 Å². The van der Waals surface area contributed by atoms with Gasteiger partial charge in [0.2, 0.25) is 5.91 Å². The molecule has 2 rings (SSSR count). The Morgan fingerprint density at radius 2 is 2.10 bits per heavy atom. The predicted molar refractivity (Wildman–Crippen MR) is 77.2 cm³/mol. The van der Waals surface area contributed by atoms with Crippen LogP contribution in [0.3, 0.4) is 0 Å². The van der Waals surface area contributed by atoms with Gasteiger partial charge in [-0.25, -0.2) is 0 Å². The van der Waals surface area contributed by atoms with Gasteiger partial charge >= 0.3 is 0 Å². The van der Waals surface area contributed by atoms with E-state index in [9.17, 15) is 9.59 Å². The molecule has 1 saturated heterocycles. The van der Waals surface area contributed by atoms with Crippen molar-refractivity contribution in [2.24, 2.45) is 18.7 Å². The van der Waals surface area contributed by atoms with Gasteiger partial charge in [-0.05, 0) is 43.7 Å². The molecule has 1 aromatic rings. The Morgan fingerprint density at radius 3 is 2.70 bits per heavy atom. The van der Waals surface area contributed by atoms with E-state index in [0.717, 1.165) is 37.1 Å². The molecule has 0 aromatic carbocycles. The number of carbonyl (C=O) groups is 2. The Labute approximate surface area is 119 Å². The molecular weight excluding hydrogens is 254 g/mol. The van der Waals surface area contributed by atoms with Gasteiger partial charge in [-0.1, -0.05) is 0 Å². The number of likely N-dealkylation sites (tertiary alicyclic amines) is 1. The molecule has 0 bridgehead atoms. The predicted octanol–water partition coefficient (Wildman–Crippen LogP) is 1.45. The second-order valence-corrected chi connectivity index (χ2v) is 5.72. The molecule has 1 atom stereocenters. The highest BCUT2D eigenvalue weighted by Gasteiger charge is 2.24. The van der Waals surface area contributed by atoms with Gasteiger partial charge in [0.25, 0.3) is 5.91 Å². The summed E-state index contributed by atoms with van der Waals surface area (Å²) < 4.78 is 1.88. The zero-order chi connectivity index (χ0) is 14.7. The number of rotatable bonds is 3. The number of nitrogens with two attached hydrogens (primary N) is 1. The van der Waals surface area contributed by atoms with Crippen molar-refractivity contribution < 1.29 is 9.59 Å². The Kier molecular flexibility index (Phi) is 4.47. The van der Waals surface area contributed by atoms with Crippen molar-refractivity contribution in [1.29, 1.82) is 0 Å². The lowest BCUT2D eigenvalue weighted by atomic mass is 9.97. The van der Waals surface area contributed by atoms with Crippen LogP contribution in [-0.2, 0) is 11.8 Å². The number of nitrogens with zero attached hydrogens (tertiary/aromatic N) is 2. The van der Waals surface area contributed by atoms with Gasteiger partial charge in [0, 0.05) is 32.8 Å². The third kappa shape index (κ3) is 3.21. The minimum Gasteiger partial charge on any atom is -0.370 e. The largest absolute Gasteiger partial charge is 0.370 e. The Morgan fingerprint density at radius 1 is 1.35 bits per heavy atom. The number of hydrogen-bond donors (Lipinski definition) is 1. The standard InChI is InChI=1S/C15H23N3O2/c1-11-5-8-17(2)14(11)15(20)18-7-3-4-12(6-9-18)10-13(16)19/h5,8,12H,3-4,6-7,9-10H2,1-2H3,(H2,16,19). The highest BCUT2D eigenvalue weighted by molar-refractivity contribution is 5.94. The summed E-state index contributed by atoms with van der Waals surface area (Å²) in [5.41, 5.74) is 7.03. The van der Waals surface area contributed by atoms with Gasteiger partial charge < -0.3 is 15.2 Å². The second kappa shape index (κ2) is 6.11. The summed E-state index contributed by atoms with van der Waals surface area (Å²) in [6.45, 7) is 3.43. The normalized spacial score (nSPS) is 19.7. The van der Waals surface area contributed by atoms with Crippen molar-refractivity contribution in [2.45, 2.75) is 32.6 Å². The lowest BCUT2D eigenvalue weighted by Gasteiger charge is -2.21. The summed E-state index contributed by atoms with van der Waals surface area (Å²) in [6.07, 6.45) is 5.12. The van der Waals surface area contributed by atoms with Crippen molar-refractivity contribution in [1.82, 2.24) is 9.47 Å². The number of aromatic nitrogens is 1. The first-order chi connectivity index (χ1) is 9.49. The maximum atomic E-state index is 12.6. The van der Waals surface area contributed by atoms with Crippen molar-refractivity contribution in [3.8, 4) is 0 Å². The Balaban J connectivity index is 2.03. The number of aryl methyl sites for hydroxylation is 2. The molecular formula is C15H23N3O2. The molecule has 0 radical (unpaired) electrons. The third-order valence-electron chi connectivity index (χ3n) is 4.10. The van der Waals surface area contributed by atoms with Gasteiger partial charge in [-0.3, -0.25) is 9.59 Å². The molecule has 1 aliphatic heterocycles. The summed E-state index contributed by atoms with van der Waals surface area (Å²) in [5.74, 6) is 0.169. The SMILES string of the molecule is Cc1ccn(C)c1C(=O)N1CCCC(CC(N)=O)CC1. The van der Waals surface area contributed by atoms with Crippen molar-refractivity contribution >= 4 is 11.8 Å². The zero-order valence-electron chi connectivity index (χ0n) is 12.3. The second-order valence-electron chi connectivity index (χ2n) is 5.72. The first-order valence-electron chi connectivity index (χ1n) is 7.18. The maximum Gasteiger partial charge on any atom is 0.270 e. The smallest absolute Gasteiger partial charge is 0.270 e. The molecule has 5 heteroatoms. The van der Waals surface area contributed by atoms with Gasteiger partial charge in [-0.15, -0.1) is 0 Å². The molecule has 0 spiro atoms. The van der Waals surface area contributed by atoms with Gasteiger partial charge in [0.1, 0.15) is 5.69 Å². The molecule has 1 aromatic heterocycles. The number of primary amides is 1. The van der Waals surface area contributed by atoms with E-state index >= 15 is 0 Å². The Hall–Kier alpha value is -1.78. The minimum absolute atomic E-state index is 0.0923. The van der Waals surface area contributed by atoms with Crippen LogP contribution in [0.2, 0.25) is 0 Å². The number of carbonyl (C=O) groups excluding carboxylic acids is 2. The molecule has 0 aliphatic carbocycles. The Bertz CT molecular complexity index is 488. The molecule has 20 heavy (non-hydrogen) atoms. The van der Waals surface area contributed by atoms with Crippen molar-refractivity contribution in [3.05, 3.63) is 23.5 Å². The van der Waals surface area contributed by atoms with E-state index in [1.807, 2.05) is 35.7 Å². The fourth-order valence-corrected chi connectivity index (χ4v) is 2.98. The lowest BCUT2D eigenvalue weighted by molar-refractivity contribution is -0.119. The fraction of sp³-hybridized carbons (Fsp3) is 0.600. The van der Waals surface area contributed by atoms with Crippen LogP contribution >= 0.6 is 0 Å². The summed E-state index contributed by atoms with van der Waals surface area (Å²) >= 11 is 0. The van der Waals surface area contributed by atoms with E-state index in [1.54, 1.807) is 0 Å². The van der Waals surface area contributed by atoms with Crippen LogP contribution in [0.15, 0.2) is 12.3 Å². The summed E-state index contributed by atoms with van der Waals surface area (Å²) in [4.78, 5) is 25.5. The average Bonchev–Trinajstić information content (AvgIpc) is 2.60. The molecule has 2 N–H and O–H groups in total. The van der Waals surface area contributed by atoms with E-state index in [2.05, 4.69) is 0 Å². The van der Waals surface area contributed by atoms with Gasteiger partial charge in [-0.2, -0.15) is 0 Å². The molecule has 1 aliphatic rings. The maximum absolute atomic E-state index is 12.6.